The molecule has 0 radical (unpaired) electrons. The van der Waals surface area contributed by atoms with Gasteiger partial charge >= 0.3 is 0 Å². The molecule has 1 N–H and O–H groups in total. The van der Waals surface area contributed by atoms with Gasteiger partial charge in [0.2, 0.25) is 11.8 Å². The average molecular weight is 346 g/mol. The lowest BCUT2D eigenvalue weighted by atomic mass is 9.94. The number of rotatable bonds is 5. The minimum Gasteiger partial charge on any atom is -0.352 e. The standard InChI is InChI=1S/C20H27FN2O2/c21-17-10-8-15(9-11-17)13-16-5-4-6-18(16)22-19(24)14-23-12-3-1-2-7-20(23)25/h8-11,16,18H,1-7,12-14H2,(H,22,24)/t16-,18-/m0/s1. The number of halogens is 1. The maximum Gasteiger partial charge on any atom is 0.239 e. The smallest absolute Gasteiger partial charge is 0.239 e. The molecule has 0 bridgehead atoms. The van der Waals surface area contributed by atoms with Gasteiger partial charge in [-0.1, -0.05) is 25.0 Å². The second-order valence-electron chi connectivity index (χ2n) is 7.32. The number of carbonyl (C=O) groups excluding carboxylic acids is 2. The van der Waals surface area contributed by atoms with Crippen molar-refractivity contribution in [1.82, 2.24) is 10.2 Å². The lowest BCUT2D eigenvalue weighted by Gasteiger charge is -2.24. The molecule has 2 aliphatic rings. The van der Waals surface area contributed by atoms with Gasteiger partial charge in [-0.2, -0.15) is 0 Å². The van der Waals surface area contributed by atoms with Gasteiger partial charge in [0, 0.05) is 19.0 Å². The Kier molecular flexibility index (Phi) is 6.05. The number of hydrogen-bond donors (Lipinski definition) is 1. The molecule has 2 fully saturated rings. The first-order valence-corrected chi connectivity index (χ1v) is 9.43. The second kappa shape index (κ2) is 8.45. The van der Waals surface area contributed by atoms with Crippen LogP contribution in [-0.4, -0.2) is 35.8 Å². The van der Waals surface area contributed by atoms with Crippen LogP contribution in [0.15, 0.2) is 24.3 Å². The van der Waals surface area contributed by atoms with E-state index in [2.05, 4.69) is 5.32 Å². The fraction of sp³-hybridized carbons (Fsp3) is 0.600. The van der Waals surface area contributed by atoms with Crippen LogP contribution < -0.4 is 5.32 Å². The topological polar surface area (TPSA) is 49.4 Å². The third kappa shape index (κ3) is 5.03. The van der Waals surface area contributed by atoms with Crippen LogP contribution in [-0.2, 0) is 16.0 Å². The number of carbonyl (C=O) groups is 2. The van der Waals surface area contributed by atoms with E-state index in [0.29, 0.717) is 18.9 Å². The predicted octanol–water partition coefficient (Wildman–Crippen LogP) is 3.06. The first-order valence-electron chi connectivity index (χ1n) is 9.43. The fourth-order valence-corrected chi connectivity index (χ4v) is 4.03. The molecule has 4 nitrogen and oxygen atoms in total. The SMILES string of the molecule is O=C(CN1CCCCCC1=O)N[C@H]1CCC[C@H]1Cc1ccc(F)cc1. The quantitative estimate of drug-likeness (QED) is 0.891. The van der Waals surface area contributed by atoms with E-state index < -0.39 is 0 Å². The number of benzene rings is 1. The van der Waals surface area contributed by atoms with E-state index in [4.69, 9.17) is 0 Å². The Labute approximate surface area is 148 Å². The Hall–Kier alpha value is -1.91. The van der Waals surface area contributed by atoms with Crippen molar-refractivity contribution >= 4 is 11.8 Å². The van der Waals surface area contributed by atoms with Crippen molar-refractivity contribution in [1.29, 1.82) is 0 Å². The first-order chi connectivity index (χ1) is 12.1. The minimum absolute atomic E-state index is 0.0498. The summed E-state index contributed by atoms with van der Waals surface area (Å²) in [5.41, 5.74) is 1.11. The summed E-state index contributed by atoms with van der Waals surface area (Å²) in [4.78, 5) is 26.1. The maximum absolute atomic E-state index is 13.0. The van der Waals surface area contributed by atoms with Crippen molar-refractivity contribution in [2.24, 2.45) is 5.92 Å². The minimum atomic E-state index is -0.220. The molecule has 2 atom stereocenters. The van der Waals surface area contributed by atoms with Crippen LogP contribution in [0.4, 0.5) is 4.39 Å². The van der Waals surface area contributed by atoms with Crippen LogP contribution in [0, 0.1) is 11.7 Å². The molecular weight excluding hydrogens is 319 g/mol. The van der Waals surface area contributed by atoms with Gasteiger partial charge in [0.1, 0.15) is 5.82 Å². The van der Waals surface area contributed by atoms with Crippen LogP contribution in [0.5, 0.6) is 0 Å². The Bertz CT molecular complexity index is 602. The van der Waals surface area contributed by atoms with E-state index in [1.165, 1.54) is 12.1 Å². The molecule has 1 aliphatic carbocycles. The summed E-state index contributed by atoms with van der Waals surface area (Å²) in [6.07, 6.45) is 7.54. The zero-order chi connectivity index (χ0) is 17.6. The Morgan fingerprint density at radius 2 is 1.92 bits per heavy atom. The van der Waals surface area contributed by atoms with Crippen LogP contribution in [0.3, 0.4) is 0 Å². The van der Waals surface area contributed by atoms with Gasteiger partial charge in [-0.15, -0.1) is 0 Å². The van der Waals surface area contributed by atoms with Crippen molar-refractivity contribution in [3.05, 3.63) is 35.6 Å². The maximum atomic E-state index is 13.0. The molecule has 1 aromatic carbocycles. The van der Waals surface area contributed by atoms with Gasteiger partial charge in [0.25, 0.3) is 0 Å². The monoisotopic (exact) mass is 346 g/mol. The fourth-order valence-electron chi connectivity index (χ4n) is 4.03. The highest BCUT2D eigenvalue weighted by molar-refractivity contribution is 5.85. The lowest BCUT2D eigenvalue weighted by molar-refractivity contribution is -0.135. The molecule has 0 unspecified atom stereocenters. The van der Waals surface area contributed by atoms with Crippen molar-refractivity contribution in [2.45, 2.75) is 57.4 Å². The molecule has 0 spiro atoms. The molecule has 1 heterocycles. The summed E-state index contributed by atoms with van der Waals surface area (Å²) < 4.78 is 13.0. The molecule has 1 saturated heterocycles. The van der Waals surface area contributed by atoms with E-state index in [1.807, 2.05) is 12.1 Å². The Balaban J connectivity index is 1.52. The Morgan fingerprint density at radius 3 is 2.72 bits per heavy atom. The highest BCUT2D eigenvalue weighted by Crippen LogP contribution is 2.29. The summed E-state index contributed by atoms with van der Waals surface area (Å²) in [5.74, 6) is 0.213. The number of nitrogens with one attached hydrogen (secondary N) is 1. The van der Waals surface area contributed by atoms with Crippen LogP contribution in [0.25, 0.3) is 0 Å². The zero-order valence-corrected chi connectivity index (χ0v) is 14.7. The van der Waals surface area contributed by atoms with Gasteiger partial charge in [0.15, 0.2) is 0 Å². The number of hydrogen-bond acceptors (Lipinski definition) is 2. The number of likely N-dealkylation sites (tertiary alicyclic amines) is 1. The molecule has 0 aromatic heterocycles. The summed E-state index contributed by atoms with van der Waals surface area (Å²) in [7, 11) is 0. The van der Waals surface area contributed by atoms with Crippen LogP contribution >= 0.6 is 0 Å². The Morgan fingerprint density at radius 1 is 1.12 bits per heavy atom. The van der Waals surface area contributed by atoms with Crippen LogP contribution in [0.1, 0.15) is 50.5 Å². The molecule has 25 heavy (non-hydrogen) atoms. The summed E-state index contributed by atoms with van der Waals surface area (Å²) in [6, 6.07) is 6.77. The molecule has 1 aromatic rings. The van der Waals surface area contributed by atoms with Gasteiger partial charge in [0.05, 0.1) is 6.54 Å². The number of amides is 2. The van der Waals surface area contributed by atoms with Gasteiger partial charge in [-0.25, -0.2) is 4.39 Å². The largest absolute Gasteiger partial charge is 0.352 e. The summed E-state index contributed by atoms with van der Waals surface area (Å²) >= 11 is 0. The normalized spacial score (nSPS) is 24.2. The third-order valence-corrected chi connectivity index (χ3v) is 5.42. The van der Waals surface area contributed by atoms with Gasteiger partial charge < -0.3 is 10.2 Å². The molecule has 136 valence electrons. The van der Waals surface area contributed by atoms with Crippen molar-refractivity contribution in [3.8, 4) is 0 Å². The number of nitrogens with zero attached hydrogens (tertiary/aromatic N) is 1. The van der Waals surface area contributed by atoms with Gasteiger partial charge in [-0.3, -0.25) is 9.59 Å². The molecule has 5 heteroatoms. The zero-order valence-electron chi connectivity index (χ0n) is 14.7. The molecule has 1 aliphatic heterocycles. The van der Waals surface area contributed by atoms with Crippen molar-refractivity contribution < 1.29 is 14.0 Å². The summed E-state index contributed by atoms with van der Waals surface area (Å²) in [5, 5.41) is 3.14. The van der Waals surface area contributed by atoms with E-state index in [1.54, 1.807) is 4.90 Å². The molecule has 3 rings (SSSR count). The molecule has 2 amide bonds. The van der Waals surface area contributed by atoms with Crippen molar-refractivity contribution in [2.75, 3.05) is 13.1 Å². The van der Waals surface area contributed by atoms with E-state index in [9.17, 15) is 14.0 Å². The molecule has 1 saturated carbocycles. The lowest BCUT2D eigenvalue weighted by Crippen LogP contribution is -2.45. The third-order valence-electron chi connectivity index (χ3n) is 5.42. The van der Waals surface area contributed by atoms with Crippen molar-refractivity contribution in [3.63, 3.8) is 0 Å². The first kappa shape index (κ1) is 17.9. The van der Waals surface area contributed by atoms with Crippen LogP contribution in [0.2, 0.25) is 0 Å². The summed E-state index contributed by atoms with van der Waals surface area (Å²) in [6.45, 7) is 0.870. The molecular formula is C20H27FN2O2. The van der Waals surface area contributed by atoms with Gasteiger partial charge in [-0.05, 0) is 55.7 Å². The highest BCUT2D eigenvalue weighted by Gasteiger charge is 2.29. The average Bonchev–Trinajstić information content (AvgIpc) is 2.91. The predicted molar refractivity (Wildman–Crippen MR) is 94.4 cm³/mol. The van der Waals surface area contributed by atoms with E-state index in [-0.39, 0.29) is 30.2 Å². The van der Waals surface area contributed by atoms with E-state index >= 15 is 0 Å². The second-order valence-corrected chi connectivity index (χ2v) is 7.32. The highest BCUT2D eigenvalue weighted by atomic mass is 19.1. The van der Waals surface area contributed by atoms with E-state index in [0.717, 1.165) is 50.5 Å².